The Morgan fingerprint density at radius 1 is 0.255 bits per heavy atom. The second-order valence-corrected chi connectivity index (χ2v) is 12.9. The van der Waals surface area contributed by atoms with E-state index in [-0.39, 0.29) is 5.43 Å². The molecule has 0 saturated carbocycles. The minimum atomic E-state index is -0.0369. The molecular formula is C49H32O2. The normalized spacial score (nSPS) is 11.2. The van der Waals surface area contributed by atoms with Crippen LogP contribution in [-0.2, 0) is 0 Å². The van der Waals surface area contributed by atoms with Gasteiger partial charge >= 0.3 is 0 Å². The summed E-state index contributed by atoms with van der Waals surface area (Å²) in [5.41, 5.74) is 14.2. The van der Waals surface area contributed by atoms with Crippen LogP contribution in [0.25, 0.3) is 88.7 Å². The van der Waals surface area contributed by atoms with Gasteiger partial charge in [0.25, 0.3) is 0 Å². The van der Waals surface area contributed by atoms with Crippen molar-refractivity contribution >= 4 is 21.9 Å². The molecule has 240 valence electrons. The van der Waals surface area contributed by atoms with Crippen molar-refractivity contribution in [3.8, 4) is 66.8 Å². The summed E-state index contributed by atoms with van der Waals surface area (Å²) in [4.78, 5) is 14.1. The average Bonchev–Trinajstić information content (AvgIpc) is 3.21. The van der Waals surface area contributed by atoms with Crippen molar-refractivity contribution in [2.45, 2.75) is 0 Å². The van der Waals surface area contributed by atoms with Gasteiger partial charge in [0, 0.05) is 0 Å². The van der Waals surface area contributed by atoms with Crippen molar-refractivity contribution in [2.24, 2.45) is 0 Å². The van der Waals surface area contributed by atoms with Crippen LogP contribution in [0.1, 0.15) is 0 Å². The van der Waals surface area contributed by atoms with Crippen LogP contribution >= 0.6 is 0 Å². The lowest BCUT2D eigenvalue weighted by molar-refractivity contribution is 0.660. The first-order valence-electron chi connectivity index (χ1n) is 17.2. The molecule has 0 saturated heterocycles. The standard InChI is InChI=1S/C49H32O2/c50-49-45-23-21-38(44-29-41(35-17-9-3-10-18-35)26-42(30-44)36-19-11-4-12-20-36)32-48(45)51-47-24-22-37(31-46(47)49)43-27-39(33-13-5-1-6-14-33)25-40(28-43)34-15-7-2-8-16-34/h1-32H. The van der Waals surface area contributed by atoms with Crippen molar-refractivity contribution in [3.05, 3.63) is 204 Å². The molecule has 1 heterocycles. The van der Waals surface area contributed by atoms with Crippen molar-refractivity contribution in [1.82, 2.24) is 0 Å². The highest BCUT2D eigenvalue weighted by Crippen LogP contribution is 2.36. The van der Waals surface area contributed by atoms with Gasteiger partial charge in [0.05, 0.1) is 10.8 Å². The van der Waals surface area contributed by atoms with Gasteiger partial charge < -0.3 is 4.42 Å². The summed E-state index contributed by atoms with van der Waals surface area (Å²) >= 11 is 0. The molecule has 2 heteroatoms. The minimum Gasteiger partial charge on any atom is -0.456 e. The third-order valence-corrected chi connectivity index (χ3v) is 9.63. The Bertz CT molecular complexity index is 2610. The van der Waals surface area contributed by atoms with Gasteiger partial charge in [-0.2, -0.15) is 0 Å². The first-order valence-corrected chi connectivity index (χ1v) is 17.2. The van der Waals surface area contributed by atoms with Gasteiger partial charge in [-0.15, -0.1) is 0 Å². The Hall–Kier alpha value is -6.77. The molecule has 0 amide bonds. The molecule has 0 radical (unpaired) electrons. The molecular weight excluding hydrogens is 621 g/mol. The van der Waals surface area contributed by atoms with Gasteiger partial charge in [-0.05, 0) is 127 Å². The van der Waals surface area contributed by atoms with E-state index in [0.29, 0.717) is 21.9 Å². The van der Waals surface area contributed by atoms with E-state index in [1.807, 2.05) is 54.6 Å². The van der Waals surface area contributed by atoms with E-state index >= 15 is 0 Å². The maximum atomic E-state index is 14.1. The van der Waals surface area contributed by atoms with Crippen LogP contribution in [0.2, 0.25) is 0 Å². The first-order chi connectivity index (χ1) is 25.2. The molecule has 0 aliphatic heterocycles. The summed E-state index contributed by atoms with van der Waals surface area (Å²) in [6.45, 7) is 0. The molecule has 0 aliphatic carbocycles. The van der Waals surface area contributed by atoms with Crippen LogP contribution in [0.3, 0.4) is 0 Å². The Morgan fingerprint density at radius 2 is 0.608 bits per heavy atom. The SMILES string of the molecule is O=c1c2ccc(-c3cc(-c4ccccc4)cc(-c4ccccc4)c3)cc2oc2ccc(-c3cc(-c4ccccc4)cc(-c4ccccc4)c3)cc12. The zero-order valence-electron chi connectivity index (χ0n) is 27.8. The maximum Gasteiger partial charge on any atom is 0.200 e. The fourth-order valence-electron chi connectivity index (χ4n) is 6.99. The van der Waals surface area contributed by atoms with Gasteiger partial charge in [-0.1, -0.05) is 133 Å². The van der Waals surface area contributed by atoms with Crippen molar-refractivity contribution in [2.75, 3.05) is 0 Å². The van der Waals surface area contributed by atoms with Crippen LogP contribution in [0.4, 0.5) is 0 Å². The molecule has 0 aliphatic rings. The Morgan fingerprint density at radius 3 is 1.02 bits per heavy atom. The number of hydrogen-bond donors (Lipinski definition) is 0. The molecule has 0 N–H and O–H groups in total. The summed E-state index contributed by atoms with van der Waals surface area (Å²) in [6, 6.07) is 66.8. The summed E-state index contributed by atoms with van der Waals surface area (Å²) in [6.07, 6.45) is 0. The highest BCUT2D eigenvalue weighted by atomic mass is 16.3. The molecule has 51 heavy (non-hydrogen) atoms. The van der Waals surface area contributed by atoms with Crippen LogP contribution < -0.4 is 5.43 Å². The quantitative estimate of drug-likeness (QED) is 0.167. The van der Waals surface area contributed by atoms with E-state index in [1.165, 1.54) is 0 Å². The lowest BCUT2D eigenvalue weighted by Crippen LogP contribution is -2.02. The number of rotatable bonds is 6. The second-order valence-electron chi connectivity index (χ2n) is 12.9. The highest BCUT2D eigenvalue weighted by molar-refractivity contribution is 5.95. The van der Waals surface area contributed by atoms with E-state index in [1.54, 1.807) is 0 Å². The number of benzene rings is 8. The van der Waals surface area contributed by atoms with E-state index in [9.17, 15) is 4.79 Å². The van der Waals surface area contributed by atoms with Gasteiger partial charge in [-0.3, -0.25) is 4.79 Å². The predicted octanol–water partition coefficient (Wildman–Crippen LogP) is 12.9. The van der Waals surface area contributed by atoms with Crippen molar-refractivity contribution in [1.29, 1.82) is 0 Å². The van der Waals surface area contributed by atoms with Crippen LogP contribution in [0.5, 0.6) is 0 Å². The van der Waals surface area contributed by atoms with Crippen LogP contribution in [-0.4, -0.2) is 0 Å². The lowest BCUT2D eigenvalue weighted by atomic mass is 9.92. The molecule has 0 atom stereocenters. The van der Waals surface area contributed by atoms with Gasteiger partial charge in [0.15, 0.2) is 0 Å². The summed E-state index contributed by atoms with van der Waals surface area (Å²) < 4.78 is 6.50. The van der Waals surface area contributed by atoms with Gasteiger partial charge in [-0.25, -0.2) is 0 Å². The molecule has 1 aromatic heterocycles. The smallest absolute Gasteiger partial charge is 0.200 e. The van der Waals surface area contributed by atoms with E-state index < -0.39 is 0 Å². The largest absolute Gasteiger partial charge is 0.456 e. The topological polar surface area (TPSA) is 30.2 Å². The Labute approximate surface area is 296 Å². The summed E-state index contributed by atoms with van der Waals surface area (Å²) in [5.74, 6) is 0. The molecule has 0 unspecified atom stereocenters. The Kier molecular flexibility index (Phi) is 7.68. The fraction of sp³-hybridized carbons (Fsp3) is 0. The zero-order chi connectivity index (χ0) is 34.1. The zero-order valence-corrected chi connectivity index (χ0v) is 27.8. The molecule has 9 aromatic rings. The lowest BCUT2D eigenvalue weighted by Gasteiger charge is -2.13. The number of hydrogen-bond acceptors (Lipinski definition) is 2. The van der Waals surface area contributed by atoms with E-state index in [2.05, 4.69) is 140 Å². The van der Waals surface area contributed by atoms with E-state index in [4.69, 9.17) is 4.42 Å². The minimum absolute atomic E-state index is 0.0369. The van der Waals surface area contributed by atoms with Crippen molar-refractivity contribution < 1.29 is 4.42 Å². The molecule has 8 aromatic carbocycles. The van der Waals surface area contributed by atoms with E-state index in [0.717, 1.165) is 66.8 Å². The number of fused-ring (bicyclic) bond motifs is 2. The molecule has 0 fully saturated rings. The Balaban J connectivity index is 1.15. The monoisotopic (exact) mass is 652 g/mol. The third-order valence-electron chi connectivity index (χ3n) is 9.63. The summed E-state index contributed by atoms with van der Waals surface area (Å²) in [5, 5.41) is 1.13. The molecule has 0 bridgehead atoms. The fourth-order valence-corrected chi connectivity index (χ4v) is 6.99. The average molecular weight is 653 g/mol. The van der Waals surface area contributed by atoms with Crippen LogP contribution in [0, 0.1) is 0 Å². The first kappa shape index (κ1) is 30.3. The van der Waals surface area contributed by atoms with Crippen LogP contribution in [0.15, 0.2) is 203 Å². The third kappa shape index (κ3) is 5.94. The maximum absolute atomic E-state index is 14.1. The second kappa shape index (κ2) is 12.9. The van der Waals surface area contributed by atoms with Gasteiger partial charge in [0.2, 0.25) is 5.43 Å². The highest BCUT2D eigenvalue weighted by Gasteiger charge is 2.14. The predicted molar refractivity (Wildman–Crippen MR) is 213 cm³/mol. The van der Waals surface area contributed by atoms with Crippen molar-refractivity contribution in [3.63, 3.8) is 0 Å². The molecule has 9 rings (SSSR count). The molecule has 2 nitrogen and oxygen atoms in total. The summed E-state index contributed by atoms with van der Waals surface area (Å²) in [7, 11) is 0. The van der Waals surface area contributed by atoms with Gasteiger partial charge in [0.1, 0.15) is 11.2 Å². The molecule has 0 spiro atoms.